The third-order valence-corrected chi connectivity index (χ3v) is 1.77. The number of para-hydroxylation sites is 2. The number of hydrogen-bond donors (Lipinski definition) is 1. The maximum absolute atomic E-state index is 10.0. The molecule has 5 nitrogen and oxygen atoms in total. The molecule has 0 radical (unpaired) electrons. The highest BCUT2D eigenvalue weighted by atomic mass is 16.6. The lowest BCUT2D eigenvalue weighted by Gasteiger charge is -1.85. The zero-order valence-electron chi connectivity index (χ0n) is 10.6. The van der Waals surface area contributed by atoms with Crippen molar-refractivity contribution in [3.8, 4) is 6.07 Å². The van der Waals surface area contributed by atoms with Crippen LogP contribution in [-0.2, 0) is 0 Å². The molecule has 2 rings (SSSR count). The summed E-state index contributed by atoms with van der Waals surface area (Å²) in [5, 5.41) is 17.3. The molecule has 0 spiro atoms. The molecule has 98 valence electrons. The highest BCUT2D eigenvalue weighted by Gasteiger charge is 1.98. The van der Waals surface area contributed by atoms with Crippen LogP contribution in [0.25, 0.3) is 0 Å². The Labute approximate surface area is 112 Å². The summed E-state index contributed by atoms with van der Waals surface area (Å²) >= 11 is 0. The first kappa shape index (κ1) is 16.1. The molecule has 2 aromatic rings. The Kier molecular flexibility index (Phi) is 8.74. The Hall–Kier alpha value is -2.87. The molecule has 0 amide bonds. The van der Waals surface area contributed by atoms with Crippen molar-refractivity contribution < 1.29 is 4.92 Å². The van der Waals surface area contributed by atoms with Gasteiger partial charge in [0.1, 0.15) is 0 Å². The highest BCUT2D eigenvalue weighted by Crippen LogP contribution is 2.06. The number of hydrogen-bond acceptors (Lipinski definition) is 4. The second-order valence-corrected chi connectivity index (χ2v) is 3.23. The van der Waals surface area contributed by atoms with E-state index in [0.29, 0.717) is 0 Å². The lowest BCUT2D eigenvalue weighted by atomic mass is 10.3. The summed E-state index contributed by atoms with van der Waals surface area (Å²) in [6, 6.07) is 19.2. The Bertz CT molecular complexity index is 507. The number of nitrogens with zero attached hydrogens (tertiary/aromatic N) is 2. The van der Waals surface area contributed by atoms with Crippen LogP contribution in [0.3, 0.4) is 0 Å². The molecule has 2 aromatic carbocycles. The average molecular weight is 257 g/mol. The molecule has 5 heteroatoms. The van der Waals surface area contributed by atoms with Gasteiger partial charge in [-0.3, -0.25) is 10.1 Å². The van der Waals surface area contributed by atoms with E-state index in [1.165, 1.54) is 19.1 Å². The van der Waals surface area contributed by atoms with Crippen LogP contribution in [0.15, 0.2) is 60.7 Å². The maximum Gasteiger partial charge on any atom is 0.269 e. The largest absolute Gasteiger partial charge is 0.399 e. The van der Waals surface area contributed by atoms with Crippen molar-refractivity contribution in [1.29, 1.82) is 5.26 Å². The smallest absolute Gasteiger partial charge is 0.269 e. The van der Waals surface area contributed by atoms with Gasteiger partial charge in [0.15, 0.2) is 0 Å². The monoisotopic (exact) mass is 257 g/mol. The van der Waals surface area contributed by atoms with Crippen LogP contribution in [0, 0.1) is 21.4 Å². The fourth-order valence-corrected chi connectivity index (χ4v) is 1.00. The van der Waals surface area contributed by atoms with E-state index in [4.69, 9.17) is 11.0 Å². The minimum Gasteiger partial charge on any atom is -0.399 e. The van der Waals surface area contributed by atoms with Gasteiger partial charge in [0, 0.05) is 24.7 Å². The number of nitrogen functional groups attached to an aromatic ring is 1. The first-order chi connectivity index (χ1) is 9.11. The van der Waals surface area contributed by atoms with Crippen molar-refractivity contribution in [2.24, 2.45) is 0 Å². The van der Waals surface area contributed by atoms with Gasteiger partial charge in [0.2, 0.25) is 0 Å². The Morgan fingerprint density at radius 2 is 1.42 bits per heavy atom. The van der Waals surface area contributed by atoms with Gasteiger partial charge >= 0.3 is 0 Å². The first-order valence-corrected chi connectivity index (χ1v) is 5.42. The zero-order valence-corrected chi connectivity index (χ0v) is 10.6. The molecule has 0 atom stereocenters. The number of nitro groups is 1. The molecule has 0 unspecified atom stereocenters. The predicted octanol–water partition coefficient (Wildman–Crippen LogP) is 3.39. The number of anilines is 1. The molecule has 0 aliphatic heterocycles. The second-order valence-electron chi connectivity index (χ2n) is 3.23. The molecule has 0 saturated heterocycles. The molecule has 0 fully saturated rings. The van der Waals surface area contributed by atoms with E-state index in [-0.39, 0.29) is 5.69 Å². The van der Waals surface area contributed by atoms with Crippen LogP contribution < -0.4 is 5.73 Å². The van der Waals surface area contributed by atoms with Gasteiger partial charge in [0.05, 0.1) is 11.0 Å². The normalized spacial score (nSPS) is 7.79. The van der Waals surface area contributed by atoms with Crippen molar-refractivity contribution in [2.75, 3.05) is 5.73 Å². The van der Waals surface area contributed by atoms with E-state index >= 15 is 0 Å². The van der Waals surface area contributed by atoms with Crippen molar-refractivity contribution in [3.63, 3.8) is 0 Å². The van der Waals surface area contributed by atoms with E-state index < -0.39 is 4.92 Å². The first-order valence-electron chi connectivity index (χ1n) is 5.42. The highest BCUT2D eigenvalue weighted by molar-refractivity contribution is 5.35. The number of benzene rings is 2. The van der Waals surface area contributed by atoms with Crippen molar-refractivity contribution in [1.82, 2.24) is 0 Å². The van der Waals surface area contributed by atoms with Gasteiger partial charge in [-0.1, -0.05) is 36.4 Å². The summed E-state index contributed by atoms with van der Waals surface area (Å²) < 4.78 is 0. The molecular formula is C14H15N3O2. The van der Waals surface area contributed by atoms with Crippen molar-refractivity contribution in [3.05, 3.63) is 70.8 Å². The molecule has 0 saturated carbocycles. The summed E-state index contributed by atoms with van der Waals surface area (Å²) in [6.45, 7) is 1.43. The third kappa shape index (κ3) is 8.89. The molecule has 19 heavy (non-hydrogen) atoms. The molecule has 0 aliphatic carbocycles. The number of non-ortho nitro benzene ring substituents is 1. The molecule has 0 aliphatic rings. The van der Waals surface area contributed by atoms with E-state index in [0.717, 1.165) is 5.69 Å². The van der Waals surface area contributed by atoms with Gasteiger partial charge in [-0.15, -0.1) is 0 Å². The van der Waals surface area contributed by atoms with Gasteiger partial charge in [0.25, 0.3) is 5.69 Å². The summed E-state index contributed by atoms with van der Waals surface area (Å²) in [7, 11) is 0. The van der Waals surface area contributed by atoms with Gasteiger partial charge in [-0.05, 0) is 12.1 Å². The quantitative estimate of drug-likeness (QED) is 0.481. The van der Waals surface area contributed by atoms with Crippen molar-refractivity contribution in [2.45, 2.75) is 6.92 Å². The predicted molar refractivity (Wildman–Crippen MR) is 75.2 cm³/mol. The summed E-state index contributed by atoms with van der Waals surface area (Å²) in [5.41, 5.74) is 6.32. The van der Waals surface area contributed by atoms with Crippen LogP contribution in [0.5, 0.6) is 0 Å². The van der Waals surface area contributed by atoms with Crippen LogP contribution in [-0.4, -0.2) is 4.92 Å². The molecule has 0 bridgehead atoms. The zero-order chi connectivity index (χ0) is 14.5. The van der Waals surface area contributed by atoms with Gasteiger partial charge in [-0.25, -0.2) is 0 Å². The molecule has 0 aromatic heterocycles. The van der Waals surface area contributed by atoms with Crippen LogP contribution in [0.2, 0.25) is 0 Å². The third-order valence-electron chi connectivity index (χ3n) is 1.77. The lowest BCUT2D eigenvalue weighted by molar-refractivity contribution is -0.384. The minimum absolute atomic E-state index is 0.137. The van der Waals surface area contributed by atoms with Crippen LogP contribution in [0.4, 0.5) is 11.4 Å². The second kappa shape index (κ2) is 10.3. The topological polar surface area (TPSA) is 93.0 Å². The minimum atomic E-state index is -0.417. The molecule has 0 heterocycles. The molecular weight excluding hydrogens is 242 g/mol. The average Bonchev–Trinajstić information content (AvgIpc) is 2.42. The van der Waals surface area contributed by atoms with E-state index in [9.17, 15) is 10.1 Å². The fraction of sp³-hybridized carbons (Fsp3) is 0.0714. The van der Waals surface area contributed by atoms with Crippen LogP contribution in [0.1, 0.15) is 6.92 Å². The van der Waals surface area contributed by atoms with E-state index in [1.54, 1.807) is 24.3 Å². The van der Waals surface area contributed by atoms with E-state index in [2.05, 4.69) is 0 Å². The van der Waals surface area contributed by atoms with Gasteiger partial charge < -0.3 is 5.73 Å². The SMILES string of the molecule is CC#N.Nc1ccccc1.O=[N+]([O-])c1ccccc1. The fourth-order valence-electron chi connectivity index (χ4n) is 1.00. The number of rotatable bonds is 1. The summed E-state index contributed by atoms with van der Waals surface area (Å²) in [4.78, 5) is 9.59. The summed E-state index contributed by atoms with van der Waals surface area (Å²) in [5.74, 6) is 0. The summed E-state index contributed by atoms with van der Waals surface area (Å²) in [6.07, 6.45) is 0. The Morgan fingerprint density at radius 3 is 1.63 bits per heavy atom. The maximum atomic E-state index is 10.0. The number of nitrogens with two attached hydrogens (primary N) is 1. The van der Waals surface area contributed by atoms with Crippen molar-refractivity contribution >= 4 is 11.4 Å². The van der Waals surface area contributed by atoms with Crippen LogP contribution >= 0.6 is 0 Å². The standard InChI is InChI=1S/C6H5NO2.C6H7N.C2H3N/c8-7(9)6-4-2-1-3-5-6;7-6-4-2-1-3-5-6;1-2-3/h1-5H;1-5H,7H2;1H3. The Balaban J connectivity index is 0.000000289. The van der Waals surface area contributed by atoms with E-state index in [1.807, 2.05) is 30.3 Å². The Morgan fingerprint density at radius 1 is 1.05 bits per heavy atom. The van der Waals surface area contributed by atoms with Gasteiger partial charge in [-0.2, -0.15) is 5.26 Å². The molecule has 2 N–H and O–H groups in total. The number of nitriles is 1. The lowest BCUT2D eigenvalue weighted by Crippen LogP contribution is -1.84. The number of nitro benzene ring substituents is 1.